The predicted molar refractivity (Wildman–Crippen MR) is 107 cm³/mol. The van der Waals surface area contributed by atoms with Crippen molar-refractivity contribution in [1.82, 2.24) is 19.9 Å². The molecule has 0 aliphatic heterocycles. The number of amides is 1. The van der Waals surface area contributed by atoms with Crippen LogP contribution in [0.2, 0.25) is 0 Å². The first-order valence-corrected chi connectivity index (χ1v) is 8.62. The molecule has 0 saturated heterocycles. The Morgan fingerprint density at radius 2 is 1.81 bits per heavy atom. The highest BCUT2D eigenvalue weighted by molar-refractivity contribution is 5.97. The fourth-order valence-corrected chi connectivity index (χ4v) is 3.13. The molecule has 27 heavy (non-hydrogen) atoms. The Morgan fingerprint density at radius 1 is 1.00 bits per heavy atom. The Kier molecular flexibility index (Phi) is 4.30. The Balaban J connectivity index is 1.75. The van der Waals surface area contributed by atoms with E-state index in [1.807, 2.05) is 55.6 Å². The van der Waals surface area contributed by atoms with Gasteiger partial charge in [0, 0.05) is 43.1 Å². The van der Waals surface area contributed by atoms with Gasteiger partial charge in [0.2, 0.25) is 0 Å². The molecule has 0 radical (unpaired) electrons. The number of hydrogen-bond donors (Lipinski definition) is 2. The zero-order valence-corrected chi connectivity index (χ0v) is 15.1. The van der Waals surface area contributed by atoms with Gasteiger partial charge in [-0.3, -0.25) is 4.79 Å². The van der Waals surface area contributed by atoms with Gasteiger partial charge < -0.3 is 15.2 Å². The normalized spacial score (nSPS) is 10.7. The van der Waals surface area contributed by atoms with E-state index in [1.54, 1.807) is 19.4 Å². The monoisotopic (exact) mass is 357 g/mol. The first-order chi connectivity index (χ1) is 13.2. The fraction of sp³-hybridized carbons (Fsp3) is 0.0952. The summed E-state index contributed by atoms with van der Waals surface area (Å²) >= 11 is 0. The lowest BCUT2D eigenvalue weighted by molar-refractivity contribution is 0.0963. The average molecular weight is 357 g/mol. The third kappa shape index (κ3) is 3.13. The van der Waals surface area contributed by atoms with Gasteiger partial charge in [-0.25, -0.2) is 9.97 Å². The van der Waals surface area contributed by atoms with Gasteiger partial charge in [0.1, 0.15) is 11.6 Å². The molecule has 1 amide bonds. The van der Waals surface area contributed by atoms with Gasteiger partial charge in [-0.2, -0.15) is 0 Å². The zero-order valence-electron chi connectivity index (χ0n) is 15.1. The van der Waals surface area contributed by atoms with E-state index in [4.69, 9.17) is 0 Å². The van der Waals surface area contributed by atoms with Crippen LogP contribution in [0.25, 0.3) is 22.2 Å². The van der Waals surface area contributed by atoms with Gasteiger partial charge in [-0.15, -0.1) is 0 Å². The molecule has 6 heteroatoms. The number of pyridine rings is 2. The quantitative estimate of drug-likeness (QED) is 0.584. The molecule has 0 aliphatic rings. The zero-order chi connectivity index (χ0) is 18.8. The largest absolute Gasteiger partial charge is 0.355 e. The van der Waals surface area contributed by atoms with Crippen molar-refractivity contribution in [3.05, 3.63) is 72.6 Å². The number of rotatable bonds is 4. The summed E-state index contributed by atoms with van der Waals surface area (Å²) in [6, 6.07) is 17.4. The van der Waals surface area contributed by atoms with Crippen molar-refractivity contribution in [2.45, 2.75) is 0 Å². The van der Waals surface area contributed by atoms with Crippen LogP contribution in [-0.4, -0.2) is 27.5 Å². The van der Waals surface area contributed by atoms with Crippen LogP contribution in [0.5, 0.6) is 0 Å². The summed E-state index contributed by atoms with van der Waals surface area (Å²) in [5.41, 5.74) is 3.78. The highest BCUT2D eigenvalue weighted by atomic mass is 16.1. The third-order valence-electron chi connectivity index (χ3n) is 4.55. The standard InChI is InChI=1S/C21H19N5O/c1-22-21(27)15-8-6-14(7-9-15)18-13-16-17(26(18)2)10-12-24-20(16)25-19-5-3-4-11-23-19/h3-13H,1-2H3,(H,22,27)(H,23,24,25). The van der Waals surface area contributed by atoms with E-state index >= 15 is 0 Å². The Bertz CT molecular complexity index is 1100. The van der Waals surface area contributed by atoms with Crippen LogP contribution < -0.4 is 10.6 Å². The second-order valence-corrected chi connectivity index (χ2v) is 6.18. The minimum atomic E-state index is -0.0929. The van der Waals surface area contributed by atoms with E-state index in [0.717, 1.165) is 33.8 Å². The first kappa shape index (κ1) is 16.8. The third-order valence-corrected chi connectivity index (χ3v) is 4.55. The second-order valence-electron chi connectivity index (χ2n) is 6.18. The molecule has 2 N–H and O–H groups in total. The number of nitrogens with one attached hydrogen (secondary N) is 2. The van der Waals surface area contributed by atoms with Crippen LogP contribution in [0, 0.1) is 0 Å². The van der Waals surface area contributed by atoms with Crippen molar-refractivity contribution < 1.29 is 4.79 Å². The number of anilines is 2. The van der Waals surface area contributed by atoms with Gasteiger partial charge in [-0.1, -0.05) is 18.2 Å². The van der Waals surface area contributed by atoms with Crippen molar-refractivity contribution in [3.63, 3.8) is 0 Å². The van der Waals surface area contributed by atoms with Gasteiger partial charge in [0.15, 0.2) is 0 Å². The Morgan fingerprint density at radius 3 is 2.52 bits per heavy atom. The summed E-state index contributed by atoms with van der Waals surface area (Å²) in [7, 11) is 3.65. The van der Waals surface area contributed by atoms with Crippen molar-refractivity contribution >= 4 is 28.4 Å². The molecule has 0 spiro atoms. The van der Waals surface area contributed by atoms with Crippen molar-refractivity contribution in [2.24, 2.45) is 7.05 Å². The summed E-state index contributed by atoms with van der Waals surface area (Å²) in [6.07, 6.45) is 3.53. The van der Waals surface area contributed by atoms with Crippen LogP contribution >= 0.6 is 0 Å². The summed E-state index contributed by atoms with van der Waals surface area (Å²) < 4.78 is 2.12. The van der Waals surface area contributed by atoms with E-state index in [9.17, 15) is 4.79 Å². The number of benzene rings is 1. The lowest BCUT2D eigenvalue weighted by Gasteiger charge is -2.06. The lowest BCUT2D eigenvalue weighted by Crippen LogP contribution is -2.17. The van der Waals surface area contributed by atoms with E-state index in [2.05, 4.69) is 31.2 Å². The smallest absolute Gasteiger partial charge is 0.251 e. The van der Waals surface area contributed by atoms with Crippen molar-refractivity contribution in [2.75, 3.05) is 12.4 Å². The van der Waals surface area contributed by atoms with Crippen LogP contribution in [0.4, 0.5) is 11.6 Å². The molecule has 6 nitrogen and oxygen atoms in total. The van der Waals surface area contributed by atoms with Crippen LogP contribution in [0.1, 0.15) is 10.4 Å². The van der Waals surface area contributed by atoms with Gasteiger partial charge in [-0.05, 0) is 42.0 Å². The van der Waals surface area contributed by atoms with Crippen LogP contribution in [0.3, 0.4) is 0 Å². The number of carbonyl (C=O) groups is 1. The number of hydrogen-bond acceptors (Lipinski definition) is 4. The maximum Gasteiger partial charge on any atom is 0.251 e. The van der Waals surface area contributed by atoms with Crippen molar-refractivity contribution in [3.8, 4) is 11.3 Å². The number of aromatic nitrogens is 3. The van der Waals surface area contributed by atoms with Crippen LogP contribution in [-0.2, 0) is 7.05 Å². The summed E-state index contributed by atoms with van der Waals surface area (Å²) in [6.45, 7) is 0. The van der Waals surface area contributed by atoms with E-state index in [0.29, 0.717) is 5.56 Å². The second kappa shape index (κ2) is 6.92. The molecule has 0 saturated carbocycles. The predicted octanol–water partition coefficient (Wildman–Crippen LogP) is 3.74. The highest BCUT2D eigenvalue weighted by Gasteiger charge is 2.13. The minimum Gasteiger partial charge on any atom is -0.355 e. The Hall–Kier alpha value is -3.67. The summed E-state index contributed by atoms with van der Waals surface area (Å²) in [5.74, 6) is 1.41. The molecular formula is C21H19N5O. The maximum absolute atomic E-state index is 11.7. The van der Waals surface area contributed by atoms with Gasteiger partial charge in [0.25, 0.3) is 5.91 Å². The van der Waals surface area contributed by atoms with Gasteiger partial charge >= 0.3 is 0 Å². The summed E-state index contributed by atoms with van der Waals surface area (Å²) in [5, 5.41) is 6.93. The number of carbonyl (C=O) groups excluding carboxylic acids is 1. The first-order valence-electron chi connectivity index (χ1n) is 8.62. The highest BCUT2D eigenvalue weighted by Crippen LogP contribution is 2.31. The maximum atomic E-state index is 11.7. The van der Waals surface area contributed by atoms with E-state index < -0.39 is 0 Å². The molecule has 0 fully saturated rings. The molecule has 4 rings (SSSR count). The molecule has 1 aromatic carbocycles. The molecule has 3 heterocycles. The number of aryl methyl sites for hydroxylation is 1. The van der Waals surface area contributed by atoms with Crippen LogP contribution in [0.15, 0.2) is 67.0 Å². The van der Waals surface area contributed by atoms with Crippen molar-refractivity contribution in [1.29, 1.82) is 0 Å². The fourth-order valence-electron chi connectivity index (χ4n) is 3.13. The molecule has 0 aliphatic carbocycles. The molecule has 134 valence electrons. The lowest BCUT2D eigenvalue weighted by atomic mass is 10.1. The topological polar surface area (TPSA) is 71.8 Å². The number of nitrogens with zero attached hydrogens (tertiary/aromatic N) is 3. The molecule has 0 unspecified atom stereocenters. The molecular weight excluding hydrogens is 338 g/mol. The molecule has 3 aromatic heterocycles. The average Bonchev–Trinajstić information content (AvgIpc) is 3.06. The van der Waals surface area contributed by atoms with Gasteiger partial charge in [0.05, 0.1) is 5.52 Å². The number of fused-ring (bicyclic) bond motifs is 1. The summed E-state index contributed by atoms with van der Waals surface area (Å²) in [4.78, 5) is 20.5. The molecule has 0 bridgehead atoms. The molecule has 4 aromatic rings. The Labute approximate surface area is 156 Å². The SMILES string of the molecule is CNC(=O)c1ccc(-c2cc3c(Nc4ccccn4)nccc3n2C)cc1. The van der Waals surface area contributed by atoms with E-state index in [-0.39, 0.29) is 5.91 Å². The van der Waals surface area contributed by atoms with E-state index in [1.165, 1.54) is 0 Å². The minimum absolute atomic E-state index is 0.0929. The molecule has 0 atom stereocenters.